The number of primary amides is 1. The molecule has 2 saturated heterocycles. The van der Waals surface area contributed by atoms with Gasteiger partial charge in [-0.2, -0.15) is 0 Å². The van der Waals surface area contributed by atoms with E-state index in [0.717, 1.165) is 11.1 Å². The summed E-state index contributed by atoms with van der Waals surface area (Å²) in [5, 5.41) is 8.72. The maximum absolute atomic E-state index is 14.2. The molecule has 2 aliphatic heterocycles. The second-order valence-corrected chi connectivity index (χ2v) is 15.6. The molecule has 2 aromatic carbocycles. The molecule has 17 heteroatoms. The Morgan fingerprint density at radius 2 is 1.74 bits per heavy atom. The molecule has 1 aromatic heterocycles. The highest BCUT2D eigenvalue weighted by molar-refractivity contribution is 7.70. The number of fused-ring (bicyclic) bond motifs is 2. The van der Waals surface area contributed by atoms with Crippen LogP contribution < -0.4 is 21.7 Å². The number of carbonyl (C=O) groups is 6. The van der Waals surface area contributed by atoms with Crippen molar-refractivity contribution >= 4 is 53.6 Å². The molecule has 5 rings (SSSR count). The SMILES string of the molecule is CC(C)c1ccc(CNC(=O)[C@H](CCC(N)=O)NC(=O)[C@@H]2CC[C@@H]3CCN(C)C[C@H](NC(=O)c4cc5cc(C(=O)P(=O)(O)O)ccc5[nH]4)C(=O)N32)cc1. The van der Waals surface area contributed by atoms with Gasteiger partial charge in [-0.15, -0.1) is 0 Å². The molecule has 4 atom stereocenters. The van der Waals surface area contributed by atoms with Crippen molar-refractivity contribution in [2.24, 2.45) is 5.73 Å². The van der Waals surface area contributed by atoms with Crippen LogP contribution in [0.1, 0.15) is 83.8 Å². The number of rotatable bonds is 13. The molecule has 284 valence electrons. The summed E-state index contributed by atoms with van der Waals surface area (Å²) in [6.07, 6.45) is 1.27. The average molecular weight is 752 g/mol. The zero-order valence-electron chi connectivity index (χ0n) is 29.8. The van der Waals surface area contributed by atoms with Crippen molar-refractivity contribution in [1.29, 1.82) is 0 Å². The number of likely N-dealkylation sites (N-methyl/N-ethyl adjacent to an activating group) is 1. The molecular formula is C36H46N7O9P. The van der Waals surface area contributed by atoms with E-state index in [4.69, 9.17) is 5.73 Å². The van der Waals surface area contributed by atoms with E-state index in [-0.39, 0.29) is 43.2 Å². The average Bonchev–Trinajstić information content (AvgIpc) is 3.74. The molecule has 53 heavy (non-hydrogen) atoms. The van der Waals surface area contributed by atoms with E-state index in [1.807, 2.05) is 36.2 Å². The summed E-state index contributed by atoms with van der Waals surface area (Å²) in [6, 6.07) is 9.75. The number of amides is 5. The molecule has 0 radical (unpaired) electrons. The lowest BCUT2D eigenvalue weighted by atomic mass is 10.0. The summed E-state index contributed by atoms with van der Waals surface area (Å²) in [4.78, 5) is 104. The van der Waals surface area contributed by atoms with Gasteiger partial charge in [-0.3, -0.25) is 33.3 Å². The van der Waals surface area contributed by atoms with E-state index >= 15 is 0 Å². The molecular weight excluding hydrogens is 705 g/mol. The minimum atomic E-state index is -5.02. The predicted molar refractivity (Wildman–Crippen MR) is 194 cm³/mol. The number of nitrogens with zero attached hydrogens (tertiary/aromatic N) is 2. The molecule has 0 spiro atoms. The summed E-state index contributed by atoms with van der Waals surface area (Å²) in [7, 11) is -3.19. The highest BCUT2D eigenvalue weighted by Gasteiger charge is 2.45. The maximum atomic E-state index is 14.2. The van der Waals surface area contributed by atoms with Gasteiger partial charge in [0.2, 0.25) is 23.6 Å². The Hall–Kier alpha value is -4.89. The van der Waals surface area contributed by atoms with E-state index < -0.39 is 60.8 Å². The fourth-order valence-electron chi connectivity index (χ4n) is 6.84. The van der Waals surface area contributed by atoms with Crippen LogP contribution in [0.25, 0.3) is 10.9 Å². The zero-order valence-corrected chi connectivity index (χ0v) is 30.7. The molecule has 5 amide bonds. The standard InChI is InChI=1S/C36H46N7O9P/c1-20(2)22-6-4-21(5-7-22)18-38-32(45)27(11-13-31(37)44)40-34(47)30-12-9-25-14-15-42(3)19-29(35(48)43(25)30)41-33(46)28-17-24-16-23(8-10-26(24)39-28)36(49)53(50,51)52/h4-8,10,16-17,20,25,27,29-30,39H,9,11-15,18-19H2,1-3H3,(H2,37,44)(H,38,45)(H,40,47)(H,41,46)(H2,50,51,52)/t25-,27+,29+,30+/m1/s1. The van der Waals surface area contributed by atoms with E-state index in [1.54, 1.807) is 0 Å². The number of hydrogen-bond acceptors (Lipinski definition) is 8. The lowest BCUT2D eigenvalue weighted by Crippen LogP contribution is -2.61. The van der Waals surface area contributed by atoms with Crippen LogP contribution in [0.15, 0.2) is 48.5 Å². The number of carbonyl (C=O) groups excluding carboxylic acids is 6. The third-order valence-electron chi connectivity index (χ3n) is 9.80. The van der Waals surface area contributed by atoms with E-state index in [1.165, 1.54) is 29.2 Å². The van der Waals surface area contributed by atoms with Crippen molar-refractivity contribution in [3.63, 3.8) is 0 Å². The Bertz CT molecular complexity index is 1940. The summed E-state index contributed by atoms with van der Waals surface area (Å²) in [5.41, 5.74) is 6.30. The van der Waals surface area contributed by atoms with Crippen LogP contribution >= 0.6 is 7.60 Å². The van der Waals surface area contributed by atoms with Crippen LogP contribution in [0.2, 0.25) is 0 Å². The minimum Gasteiger partial charge on any atom is -0.370 e. The number of benzene rings is 2. The van der Waals surface area contributed by atoms with Crippen LogP contribution in [-0.2, 0) is 30.3 Å². The highest BCUT2D eigenvalue weighted by Crippen LogP contribution is 2.39. The number of nitrogens with two attached hydrogens (primary N) is 1. The Morgan fingerprint density at radius 3 is 2.40 bits per heavy atom. The number of aromatic amines is 1. The molecule has 0 saturated carbocycles. The first kappa shape index (κ1) is 39.3. The summed E-state index contributed by atoms with van der Waals surface area (Å²) < 4.78 is 11.5. The van der Waals surface area contributed by atoms with Crippen LogP contribution in [0.5, 0.6) is 0 Å². The number of aromatic nitrogens is 1. The lowest BCUT2D eigenvalue weighted by Gasteiger charge is -2.37. The Morgan fingerprint density at radius 1 is 1.02 bits per heavy atom. The van der Waals surface area contributed by atoms with Crippen molar-refractivity contribution in [2.45, 2.75) is 82.6 Å². The summed E-state index contributed by atoms with van der Waals surface area (Å²) >= 11 is 0. The Labute approximate surface area is 306 Å². The van der Waals surface area contributed by atoms with Crippen molar-refractivity contribution in [3.8, 4) is 0 Å². The van der Waals surface area contributed by atoms with E-state index in [2.05, 4.69) is 34.8 Å². The molecule has 3 aromatic rings. The van der Waals surface area contributed by atoms with Gasteiger partial charge in [-0.25, -0.2) is 0 Å². The van der Waals surface area contributed by atoms with Crippen LogP contribution in [0.3, 0.4) is 0 Å². The third-order valence-corrected chi connectivity index (χ3v) is 10.6. The minimum absolute atomic E-state index is 0.0355. The second kappa shape index (κ2) is 16.4. The van der Waals surface area contributed by atoms with Gasteiger partial charge in [0, 0.05) is 42.0 Å². The first-order valence-electron chi connectivity index (χ1n) is 17.5. The monoisotopic (exact) mass is 751 g/mol. The molecule has 0 aliphatic carbocycles. The topological polar surface area (TPSA) is 244 Å². The predicted octanol–water partition coefficient (Wildman–Crippen LogP) is 1.47. The molecule has 0 bridgehead atoms. The van der Waals surface area contributed by atoms with Crippen LogP contribution in [-0.4, -0.2) is 104 Å². The first-order chi connectivity index (χ1) is 25.0. The molecule has 3 heterocycles. The third kappa shape index (κ3) is 9.57. The summed E-state index contributed by atoms with van der Waals surface area (Å²) in [5.74, 6) is -2.44. The van der Waals surface area contributed by atoms with Gasteiger partial charge in [0.25, 0.3) is 11.4 Å². The van der Waals surface area contributed by atoms with Gasteiger partial charge >= 0.3 is 7.60 Å². The van der Waals surface area contributed by atoms with Gasteiger partial charge in [-0.1, -0.05) is 38.1 Å². The molecule has 2 aliphatic rings. The quantitative estimate of drug-likeness (QED) is 0.124. The number of H-pyrrole nitrogens is 1. The molecule has 16 nitrogen and oxygen atoms in total. The van der Waals surface area contributed by atoms with Crippen molar-refractivity contribution in [1.82, 2.24) is 30.7 Å². The van der Waals surface area contributed by atoms with E-state index in [9.17, 15) is 43.1 Å². The van der Waals surface area contributed by atoms with Gasteiger partial charge < -0.3 is 46.3 Å². The Balaban J connectivity index is 1.30. The van der Waals surface area contributed by atoms with Crippen LogP contribution in [0, 0.1) is 0 Å². The van der Waals surface area contributed by atoms with Gasteiger partial charge in [-0.05, 0) is 80.6 Å². The van der Waals surface area contributed by atoms with Gasteiger partial charge in [0.15, 0.2) is 0 Å². The zero-order chi connectivity index (χ0) is 38.6. The van der Waals surface area contributed by atoms with E-state index in [0.29, 0.717) is 42.6 Å². The largest absolute Gasteiger partial charge is 0.396 e. The van der Waals surface area contributed by atoms with Crippen molar-refractivity contribution < 1.29 is 43.1 Å². The molecule has 8 N–H and O–H groups in total. The maximum Gasteiger partial charge on any atom is 0.396 e. The molecule has 2 fully saturated rings. The number of nitrogens with one attached hydrogen (secondary N) is 4. The molecule has 0 unspecified atom stereocenters. The lowest BCUT2D eigenvalue weighted by molar-refractivity contribution is -0.144. The van der Waals surface area contributed by atoms with Crippen LogP contribution in [0.4, 0.5) is 0 Å². The smallest absolute Gasteiger partial charge is 0.370 e. The fourth-order valence-corrected chi connectivity index (χ4v) is 7.32. The fraction of sp³-hybridized carbons (Fsp3) is 0.444. The highest BCUT2D eigenvalue weighted by atomic mass is 31.2. The second-order valence-electron chi connectivity index (χ2n) is 14.1. The Kier molecular flexibility index (Phi) is 12.2. The van der Waals surface area contributed by atoms with Gasteiger partial charge in [0.05, 0.1) is 0 Å². The van der Waals surface area contributed by atoms with Gasteiger partial charge in [0.1, 0.15) is 23.8 Å². The normalized spacial score (nSPS) is 20.0. The summed E-state index contributed by atoms with van der Waals surface area (Å²) in [6.45, 7) is 5.10. The number of hydrogen-bond donors (Lipinski definition) is 7. The van der Waals surface area contributed by atoms with Crippen molar-refractivity contribution in [2.75, 3.05) is 20.1 Å². The first-order valence-corrected chi connectivity index (χ1v) is 19.1. The van der Waals surface area contributed by atoms with Crippen molar-refractivity contribution in [3.05, 3.63) is 70.9 Å².